The summed E-state index contributed by atoms with van der Waals surface area (Å²) in [4.78, 5) is 17.8. The summed E-state index contributed by atoms with van der Waals surface area (Å²) in [6.07, 6.45) is 1.77. The highest BCUT2D eigenvalue weighted by atomic mass is 35.5. The molecule has 0 unspecified atom stereocenters. The number of aryl methyl sites for hydroxylation is 1. The van der Waals surface area contributed by atoms with E-state index in [9.17, 15) is 9.18 Å². The molecule has 0 aliphatic carbocycles. The van der Waals surface area contributed by atoms with E-state index in [1.165, 1.54) is 18.4 Å². The van der Waals surface area contributed by atoms with Crippen molar-refractivity contribution < 1.29 is 9.13 Å². The van der Waals surface area contributed by atoms with Gasteiger partial charge in [0.2, 0.25) is 5.88 Å². The van der Waals surface area contributed by atoms with Crippen LogP contribution in [0, 0.1) is 6.92 Å². The van der Waals surface area contributed by atoms with Gasteiger partial charge in [0.15, 0.2) is 0 Å². The Morgan fingerprint density at radius 2 is 1.63 bits per heavy atom. The van der Waals surface area contributed by atoms with Gasteiger partial charge < -0.3 is 10.1 Å². The van der Waals surface area contributed by atoms with Crippen LogP contribution in [0.5, 0.6) is 5.88 Å². The van der Waals surface area contributed by atoms with Gasteiger partial charge in [-0.1, -0.05) is 65.7 Å². The first-order chi connectivity index (χ1) is 19.5. The van der Waals surface area contributed by atoms with Gasteiger partial charge in [-0.05, 0) is 32.9 Å². The van der Waals surface area contributed by atoms with Gasteiger partial charge in [-0.25, -0.2) is 13.9 Å². The summed E-state index contributed by atoms with van der Waals surface area (Å²) in [6, 6.07) is 17.0. The zero-order chi connectivity index (χ0) is 29.5. The normalized spacial score (nSPS) is 11.8. The van der Waals surface area contributed by atoms with Gasteiger partial charge in [0, 0.05) is 53.2 Å². The van der Waals surface area contributed by atoms with Gasteiger partial charge in [-0.2, -0.15) is 5.10 Å². The quantitative estimate of drug-likeness (QED) is 0.212. The number of pyridine rings is 1. The molecule has 3 aromatic heterocycles. The fourth-order valence-corrected chi connectivity index (χ4v) is 5.38. The molecular formula is C31H30Cl2FN5O2. The second-order valence-corrected chi connectivity index (χ2v) is 11.3. The minimum absolute atomic E-state index is 0.136. The van der Waals surface area contributed by atoms with Gasteiger partial charge in [0.1, 0.15) is 17.0 Å². The zero-order valence-corrected chi connectivity index (χ0v) is 24.9. The van der Waals surface area contributed by atoms with E-state index in [4.69, 9.17) is 27.9 Å². The first kappa shape index (κ1) is 28.8. The molecule has 212 valence electrons. The SMILES string of the molecule is COc1nc(-c2cccc(-c3cccc(-c4cc5c(=O)n(C)c(CNCC(C)(C)F)nn5c4)c3Cl)c2Cl)ccc1C. The second-order valence-electron chi connectivity index (χ2n) is 10.5. The van der Waals surface area contributed by atoms with Gasteiger partial charge in [-0.15, -0.1) is 0 Å². The number of halogens is 3. The van der Waals surface area contributed by atoms with Crippen molar-refractivity contribution >= 4 is 28.7 Å². The van der Waals surface area contributed by atoms with Crippen LogP contribution in [0.1, 0.15) is 25.2 Å². The van der Waals surface area contributed by atoms with Crippen molar-refractivity contribution in [3.05, 3.63) is 92.6 Å². The third-order valence-corrected chi connectivity index (χ3v) is 7.70. The van der Waals surface area contributed by atoms with Crippen LogP contribution in [-0.2, 0) is 13.6 Å². The van der Waals surface area contributed by atoms with Crippen LogP contribution in [0.2, 0.25) is 10.0 Å². The highest BCUT2D eigenvalue weighted by molar-refractivity contribution is 6.39. The Kier molecular flexibility index (Phi) is 7.92. The lowest BCUT2D eigenvalue weighted by Crippen LogP contribution is -2.34. The predicted octanol–water partition coefficient (Wildman–Crippen LogP) is 6.89. The predicted molar refractivity (Wildman–Crippen MR) is 163 cm³/mol. The van der Waals surface area contributed by atoms with E-state index in [1.54, 1.807) is 30.9 Å². The smallest absolute Gasteiger partial charge is 0.277 e. The van der Waals surface area contributed by atoms with Crippen molar-refractivity contribution in [1.82, 2.24) is 24.5 Å². The Labute approximate surface area is 247 Å². The van der Waals surface area contributed by atoms with E-state index in [1.807, 2.05) is 55.5 Å². The van der Waals surface area contributed by atoms with E-state index >= 15 is 0 Å². The summed E-state index contributed by atoms with van der Waals surface area (Å²) in [5.41, 5.74) is 4.12. The fourth-order valence-electron chi connectivity index (χ4n) is 4.72. The summed E-state index contributed by atoms with van der Waals surface area (Å²) in [7, 11) is 3.24. The number of fused-ring (bicyclic) bond motifs is 1. The van der Waals surface area contributed by atoms with Crippen molar-refractivity contribution in [2.75, 3.05) is 13.7 Å². The van der Waals surface area contributed by atoms with Gasteiger partial charge in [0.05, 0.1) is 29.4 Å². The number of alkyl halides is 1. The molecule has 10 heteroatoms. The summed E-state index contributed by atoms with van der Waals surface area (Å²) < 4.78 is 22.3. The van der Waals surface area contributed by atoms with E-state index in [0.717, 1.165) is 33.4 Å². The minimum Gasteiger partial charge on any atom is -0.481 e. The number of nitrogens with zero attached hydrogens (tertiary/aromatic N) is 4. The molecule has 3 heterocycles. The molecule has 2 aromatic carbocycles. The molecule has 0 saturated heterocycles. The van der Waals surface area contributed by atoms with E-state index < -0.39 is 5.67 Å². The Hall–Kier alpha value is -3.72. The Balaban J connectivity index is 1.54. The van der Waals surface area contributed by atoms with E-state index in [-0.39, 0.29) is 18.6 Å². The first-order valence-corrected chi connectivity index (χ1v) is 13.8. The standard InChI is InChI=1S/C31H30Cl2FN5O2/c1-18-12-13-24(36-29(18)41-5)23-11-7-10-22(28(23)33)21-9-6-8-20(27(21)32)19-14-25-30(40)38(4)26(37-39(25)16-19)15-35-17-31(2,3)34/h6-14,16,35H,15,17H2,1-5H3. The number of ether oxygens (including phenoxy) is 1. The average Bonchev–Trinajstić information content (AvgIpc) is 3.36. The number of aromatic nitrogens is 4. The molecule has 0 fully saturated rings. The maximum absolute atomic E-state index is 13.9. The molecular weight excluding hydrogens is 564 g/mol. The summed E-state index contributed by atoms with van der Waals surface area (Å²) in [5, 5.41) is 8.62. The number of nitrogens with one attached hydrogen (secondary N) is 1. The van der Waals surface area contributed by atoms with Crippen LogP contribution >= 0.6 is 23.2 Å². The van der Waals surface area contributed by atoms with Crippen molar-refractivity contribution in [3.63, 3.8) is 0 Å². The largest absolute Gasteiger partial charge is 0.481 e. The number of methoxy groups -OCH3 is 1. The van der Waals surface area contributed by atoms with E-state index in [0.29, 0.717) is 33.0 Å². The number of benzene rings is 2. The van der Waals surface area contributed by atoms with Gasteiger partial charge in [-0.3, -0.25) is 9.36 Å². The molecule has 0 aliphatic rings. The van der Waals surface area contributed by atoms with Crippen molar-refractivity contribution in [2.45, 2.75) is 33.0 Å². The number of rotatable bonds is 8. The lowest BCUT2D eigenvalue weighted by Gasteiger charge is -2.15. The van der Waals surface area contributed by atoms with Crippen LogP contribution < -0.4 is 15.6 Å². The van der Waals surface area contributed by atoms with Crippen LogP contribution in [0.3, 0.4) is 0 Å². The maximum Gasteiger partial charge on any atom is 0.277 e. The highest BCUT2D eigenvalue weighted by Gasteiger charge is 2.19. The second kappa shape index (κ2) is 11.3. The van der Waals surface area contributed by atoms with Crippen LogP contribution in [0.15, 0.2) is 65.6 Å². The van der Waals surface area contributed by atoms with E-state index in [2.05, 4.69) is 15.4 Å². The molecule has 5 aromatic rings. The van der Waals surface area contributed by atoms with Crippen LogP contribution in [-0.4, -0.2) is 38.5 Å². The molecule has 0 saturated carbocycles. The van der Waals surface area contributed by atoms with Crippen molar-refractivity contribution in [3.8, 4) is 39.4 Å². The Morgan fingerprint density at radius 3 is 2.29 bits per heavy atom. The zero-order valence-electron chi connectivity index (χ0n) is 23.4. The summed E-state index contributed by atoms with van der Waals surface area (Å²) in [5.74, 6) is 1.02. The third kappa shape index (κ3) is 5.73. The lowest BCUT2D eigenvalue weighted by atomic mass is 9.97. The number of hydrogen-bond donors (Lipinski definition) is 1. The summed E-state index contributed by atoms with van der Waals surface area (Å²) in [6.45, 7) is 5.30. The third-order valence-electron chi connectivity index (χ3n) is 6.88. The monoisotopic (exact) mass is 593 g/mol. The lowest BCUT2D eigenvalue weighted by molar-refractivity contribution is 0.209. The minimum atomic E-state index is -1.38. The molecule has 7 nitrogen and oxygen atoms in total. The molecule has 0 amide bonds. The fraction of sp³-hybridized carbons (Fsp3) is 0.258. The van der Waals surface area contributed by atoms with Crippen LogP contribution in [0.4, 0.5) is 4.39 Å². The molecule has 0 radical (unpaired) electrons. The summed E-state index contributed by atoms with van der Waals surface area (Å²) >= 11 is 14.0. The first-order valence-electron chi connectivity index (χ1n) is 13.1. The molecule has 5 rings (SSSR count). The molecule has 0 aliphatic heterocycles. The van der Waals surface area contributed by atoms with Crippen molar-refractivity contribution in [2.24, 2.45) is 7.05 Å². The molecule has 1 N–H and O–H groups in total. The highest BCUT2D eigenvalue weighted by Crippen LogP contribution is 2.42. The Morgan fingerprint density at radius 1 is 1.00 bits per heavy atom. The number of hydrogen-bond acceptors (Lipinski definition) is 5. The topological polar surface area (TPSA) is 73.4 Å². The Bertz CT molecular complexity index is 1820. The van der Waals surface area contributed by atoms with Crippen LogP contribution in [0.25, 0.3) is 39.0 Å². The molecule has 0 bridgehead atoms. The van der Waals surface area contributed by atoms with Gasteiger partial charge >= 0.3 is 0 Å². The molecule has 41 heavy (non-hydrogen) atoms. The molecule has 0 spiro atoms. The van der Waals surface area contributed by atoms with Crippen molar-refractivity contribution in [1.29, 1.82) is 0 Å². The average molecular weight is 595 g/mol. The van der Waals surface area contributed by atoms with Gasteiger partial charge in [0.25, 0.3) is 5.56 Å². The molecule has 0 atom stereocenters. The maximum atomic E-state index is 13.9.